The van der Waals surface area contributed by atoms with E-state index in [1.165, 1.54) is 19.3 Å². The molecule has 1 aliphatic carbocycles. The van der Waals surface area contributed by atoms with Gasteiger partial charge in [0.15, 0.2) is 0 Å². The second-order valence-corrected chi connectivity index (χ2v) is 7.81. The molecule has 2 amide bonds. The predicted octanol–water partition coefficient (Wildman–Crippen LogP) is 2.72. The lowest BCUT2D eigenvalue weighted by atomic mass is 9.84. The highest BCUT2D eigenvalue weighted by Crippen LogP contribution is 2.42. The summed E-state index contributed by atoms with van der Waals surface area (Å²) in [5.74, 6) is 0.446. The van der Waals surface area contributed by atoms with Crippen LogP contribution in [0.3, 0.4) is 0 Å². The molecule has 2 aliphatic rings. The maximum Gasteiger partial charge on any atom is 0.248 e. The van der Waals surface area contributed by atoms with Gasteiger partial charge in [-0.05, 0) is 37.5 Å². The highest BCUT2D eigenvalue weighted by atomic mass is 16.2. The number of piperazine rings is 1. The topological polar surface area (TPSA) is 49.4 Å². The molecule has 1 N–H and O–H groups in total. The van der Waals surface area contributed by atoms with E-state index < -0.39 is 5.54 Å². The first kappa shape index (κ1) is 16.3. The number of nitrogens with zero attached hydrogens (tertiary/aromatic N) is 1. The van der Waals surface area contributed by atoms with Gasteiger partial charge in [0.25, 0.3) is 0 Å². The molecular weight excluding hydrogens is 264 g/mol. The molecule has 2 rings (SSSR count). The molecule has 21 heavy (non-hydrogen) atoms. The van der Waals surface area contributed by atoms with Gasteiger partial charge in [0.05, 0.1) is 6.54 Å². The van der Waals surface area contributed by atoms with E-state index >= 15 is 0 Å². The van der Waals surface area contributed by atoms with Crippen LogP contribution in [0.5, 0.6) is 0 Å². The Morgan fingerprint density at radius 2 is 1.95 bits per heavy atom. The first-order valence-corrected chi connectivity index (χ1v) is 8.39. The summed E-state index contributed by atoms with van der Waals surface area (Å²) in [6, 6.07) is 0. The summed E-state index contributed by atoms with van der Waals surface area (Å²) in [5.41, 5.74) is -0.582. The van der Waals surface area contributed by atoms with Crippen LogP contribution in [0.2, 0.25) is 0 Å². The van der Waals surface area contributed by atoms with Crippen molar-refractivity contribution in [2.75, 3.05) is 13.1 Å². The minimum atomic E-state index is -0.658. The van der Waals surface area contributed by atoms with E-state index in [4.69, 9.17) is 0 Å². The number of hydrogen-bond donors (Lipinski definition) is 1. The minimum Gasteiger partial charge on any atom is -0.340 e. The fourth-order valence-corrected chi connectivity index (χ4v) is 3.47. The number of hydrogen-bond acceptors (Lipinski definition) is 2. The average molecular weight is 294 g/mol. The van der Waals surface area contributed by atoms with Crippen molar-refractivity contribution >= 4 is 11.8 Å². The van der Waals surface area contributed by atoms with Gasteiger partial charge in [0.2, 0.25) is 11.8 Å². The number of rotatable bonds is 7. The van der Waals surface area contributed by atoms with Crippen LogP contribution in [-0.2, 0) is 9.59 Å². The monoisotopic (exact) mass is 294 g/mol. The van der Waals surface area contributed by atoms with Crippen molar-refractivity contribution in [3.8, 4) is 0 Å². The number of carbonyl (C=O) groups excluding carboxylic acids is 2. The van der Waals surface area contributed by atoms with Crippen LogP contribution in [0, 0.1) is 11.3 Å². The molecular formula is C17H30N2O2. The third kappa shape index (κ3) is 3.78. The Morgan fingerprint density at radius 3 is 2.52 bits per heavy atom. The molecule has 0 radical (unpaired) electrons. The summed E-state index contributed by atoms with van der Waals surface area (Å²) in [7, 11) is 0. The number of nitrogens with one attached hydrogen (secondary N) is 1. The molecule has 120 valence electrons. The van der Waals surface area contributed by atoms with Gasteiger partial charge in [-0.3, -0.25) is 9.59 Å². The fourth-order valence-electron chi connectivity index (χ4n) is 3.47. The van der Waals surface area contributed by atoms with Gasteiger partial charge in [0.1, 0.15) is 5.54 Å². The summed E-state index contributed by atoms with van der Waals surface area (Å²) >= 11 is 0. The molecule has 1 unspecified atom stereocenters. The van der Waals surface area contributed by atoms with Crippen molar-refractivity contribution in [2.24, 2.45) is 11.3 Å². The third-order valence-electron chi connectivity index (χ3n) is 4.93. The molecule has 0 aromatic carbocycles. The van der Waals surface area contributed by atoms with Crippen LogP contribution in [0.25, 0.3) is 0 Å². The Bertz CT molecular complexity index is 415. The summed E-state index contributed by atoms with van der Waals surface area (Å²) in [4.78, 5) is 26.6. The lowest BCUT2D eigenvalue weighted by Gasteiger charge is -2.43. The quantitative estimate of drug-likeness (QED) is 0.734. The first-order valence-electron chi connectivity index (χ1n) is 8.39. The smallest absolute Gasteiger partial charge is 0.248 e. The molecule has 1 saturated carbocycles. The van der Waals surface area contributed by atoms with Crippen molar-refractivity contribution in [2.45, 2.75) is 71.8 Å². The van der Waals surface area contributed by atoms with Crippen LogP contribution in [-0.4, -0.2) is 35.3 Å². The molecule has 4 heteroatoms. The zero-order valence-corrected chi connectivity index (χ0v) is 14.0. The highest BCUT2D eigenvalue weighted by molar-refractivity contribution is 5.98. The first-order chi connectivity index (χ1) is 9.78. The maximum absolute atomic E-state index is 12.8. The van der Waals surface area contributed by atoms with E-state index in [1.807, 2.05) is 6.92 Å². The standard InChI is InChI=1S/C17H30N2O2/c1-5-6-7-10-16(2,3)12-19-11-14(20)18-17(4,15(19)21)13-8-9-13/h13H,5-12H2,1-4H3,(H,18,20). The van der Waals surface area contributed by atoms with E-state index in [0.29, 0.717) is 12.5 Å². The van der Waals surface area contributed by atoms with Crippen molar-refractivity contribution in [1.82, 2.24) is 10.2 Å². The maximum atomic E-state index is 12.8. The van der Waals surface area contributed by atoms with Crippen LogP contribution < -0.4 is 5.32 Å². The van der Waals surface area contributed by atoms with E-state index in [0.717, 1.165) is 19.3 Å². The van der Waals surface area contributed by atoms with Crippen molar-refractivity contribution in [3.63, 3.8) is 0 Å². The Kier molecular flexibility index (Phi) is 4.64. The summed E-state index contributed by atoms with van der Waals surface area (Å²) in [5, 5.41) is 2.94. The molecule has 0 spiro atoms. The Labute approximate surface area is 128 Å². The number of carbonyl (C=O) groups is 2. The summed E-state index contributed by atoms with van der Waals surface area (Å²) in [6.07, 6.45) is 6.84. The molecule has 1 atom stereocenters. The normalized spacial score (nSPS) is 27.0. The SMILES string of the molecule is CCCCCC(C)(C)CN1CC(=O)NC(C)(C2CC2)C1=O. The van der Waals surface area contributed by atoms with Gasteiger partial charge in [-0.15, -0.1) is 0 Å². The van der Waals surface area contributed by atoms with Gasteiger partial charge in [-0.2, -0.15) is 0 Å². The Balaban J connectivity index is 2.01. The third-order valence-corrected chi connectivity index (χ3v) is 4.93. The Hall–Kier alpha value is -1.06. The zero-order valence-electron chi connectivity index (χ0n) is 14.0. The van der Waals surface area contributed by atoms with Crippen LogP contribution in [0.4, 0.5) is 0 Å². The second kappa shape index (κ2) is 5.98. The van der Waals surface area contributed by atoms with Crippen molar-refractivity contribution in [1.29, 1.82) is 0 Å². The van der Waals surface area contributed by atoms with Crippen molar-refractivity contribution in [3.05, 3.63) is 0 Å². The number of amides is 2. The van der Waals surface area contributed by atoms with E-state index in [9.17, 15) is 9.59 Å². The largest absolute Gasteiger partial charge is 0.340 e. The highest BCUT2D eigenvalue weighted by Gasteiger charge is 2.52. The predicted molar refractivity (Wildman–Crippen MR) is 83.8 cm³/mol. The second-order valence-electron chi connectivity index (χ2n) is 7.81. The molecule has 0 aromatic heterocycles. The molecule has 0 aromatic rings. The minimum absolute atomic E-state index is 0.00615. The molecule has 2 fully saturated rings. The lowest BCUT2D eigenvalue weighted by Crippen LogP contribution is -2.67. The van der Waals surface area contributed by atoms with Gasteiger partial charge in [-0.25, -0.2) is 0 Å². The van der Waals surface area contributed by atoms with Crippen molar-refractivity contribution < 1.29 is 9.59 Å². The van der Waals surface area contributed by atoms with Gasteiger partial charge < -0.3 is 10.2 Å². The van der Waals surface area contributed by atoms with E-state index in [2.05, 4.69) is 26.1 Å². The molecule has 1 aliphatic heterocycles. The summed E-state index contributed by atoms with van der Waals surface area (Å²) in [6.45, 7) is 9.42. The number of unbranched alkanes of at least 4 members (excludes halogenated alkanes) is 2. The van der Waals surface area contributed by atoms with Crippen LogP contribution in [0.1, 0.15) is 66.2 Å². The molecule has 4 nitrogen and oxygen atoms in total. The lowest BCUT2D eigenvalue weighted by molar-refractivity contribution is -0.151. The van der Waals surface area contributed by atoms with Gasteiger partial charge in [-0.1, -0.05) is 40.0 Å². The van der Waals surface area contributed by atoms with E-state index in [-0.39, 0.29) is 23.8 Å². The molecule has 1 heterocycles. The van der Waals surface area contributed by atoms with Gasteiger partial charge >= 0.3 is 0 Å². The molecule has 0 bridgehead atoms. The molecule has 1 saturated heterocycles. The van der Waals surface area contributed by atoms with Crippen LogP contribution in [0.15, 0.2) is 0 Å². The van der Waals surface area contributed by atoms with Crippen LogP contribution >= 0.6 is 0 Å². The summed E-state index contributed by atoms with van der Waals surface area (Å²) < 4.78 is 0. The Morgan fingerprint density at radius 1 is 1.29 bits per heavy atom. The zero-order chi connectivity index (χ0) is 15.7. The van der Waals surface area contributed by atoms with Gasteiger partial charge in [0, 0.05) is 6.54 Å². The van der Waals surface area contributed by atoms with E-state index in [1.54, 1.807) is 4.90 Å². The average Bonchev–Trinajstić information content (AvgIpc) is 3.19. The fraction of sp³-hybridized carbons (Fsp3) is 0.882.